The summed E-state index contributed by atoms with van der Waals surface area (Å²) in [6.45, 7) is 7.66. The van der Waals surface area contributed by atoms with Gasteiger partial charge >= 0.3 is 5.91 Å². The molecule has 38 heavy (non-hydrogen) atoms. The molecule has 0 saturated heterocycles. The summed E-state index contributed by atoms with van der Waals surface area (Å²) in [7, 11) is 0. The molecule has 3 N–H and O–H groups in total. The highest BCUT2D eigenvalue weighted by Crippen LogP contribution is 2.36. The first-order valence-electron chi connectivity index (χ1n) is 12.0. The van der Waals surface area contributed by atoms with Gasteiger partial charge < -0.3 is 9.84 Å². The Hall–Kier alpha value is -5.06. The summed E-state index contributed by atoms with van der Waals surface area (Å²) < 4.78 is 5.80. The number of hydrogen-bond donors (Lipinski definition) is 3. The molecule has 0 spiro atoms. The molecule has 0 radical (unpaired) electrons. The molecule has 2 heterocycles. The monoisotopic (exact) mass is 510 g/mol. The van der Waals surface area contributed by atoms with Crippen LogP contribution in [0.25, 0.3) is 22.5 Å². The maximum atomic E-state index is 13.3. The van der Waals surface area contributed by atoms with Gasteiger partial charge in [-0.15, -0.1) is 10.2 Å². The van der Waals surface area contributed by atoms with Crippen LogP contribution in [0.15, 0.2) is 70.9 Å². The summed E-state index contributed by atoms with van der Waals surface area (Å²) in [6, 6.07) is 18.3. The largest absolute Gasteiger partial charge is 0.505 e. The van der Waals surface area contributed by atoms with E-state index in [1.54, 1.807) is 18.2 Å². The predicted octanol–water partition coefficient (Wildman–Crippen LogP) is 4.41. The van der Waals surface area contributed by atoms with Gasteiger partial charge in [-0.1, -0.05) is 36.4 Å². The molecule has 0 fully saturated rings. The second-order valence-corrected chi connectivity index (χ2v) is 9.06. The van der Waals surface area contributed by atoms with Gasteiger partial charge in [0.1, 0.15) is 5.75 Å². The van der Waals surface area contributed by atoms with E-state index in [1.165, 1.54) is 5.01 Å². The smallest absolute Gasteiger partial charge is 0.304 e. The van der Waals surface area contributed by atoms with Crippen molar-refractivity contribution in [2.45, 2.75) is 33.8 Å². The van der Waals surface area contributed by atoms with Crippen LogP contribution in [0.4, 0.5) is 11.4 Å². The molecule has 0 saturated carbocycles. The highest BCUT2D eigenvalue weighted by molar-refractivity contribution is 6.70. The minimum absolute atomic E-state index is 0.00143. The third-order valence-corrected chi connectivity index (χ3v) is 5.99. The van der Waals surface area contributed by atoms with Crippen molar-refractivity contribution in [3.63, 3.8) is 0 Å². The molecule has 1 aromatic heterocycles. The summed E-state index contributed by atoms with van der Waals surface area (Å²) in [6.07, 6.45) is -0.227. The van der Waals surface area contributed by atoms with Gasteiger partial charge in [-0.3, -0.25) is 10.2 Å². The van der Waals surface area contributed by atoms with Crippen LogP contribution in [0.1, 0.15) is 25.0 Å². The first-order chi connectivity index (χ1) is 18.3. The Morgan fingerprint density at radius 3 is 2.55 bits per heavy atom. The molecule has 1 aliphatic heterocycles. The van der Waals surface area contributed by atoms with E-state index in [0.717, 1.165) is 22.3 Å². The van der Waals surface area contributed by atoms with Crippen LogP contribution in [0.3, 0.4) is 0 Å². The van der Waals surface area contributed by atoms with Crippen molar-refractivity contribution in [1.82, 2.24) is 20.6 Å². The molecular weight excluding hydrogens is 484 g/mol. The average Bonchev–Trinajstić information content (AvgIpc) is 3.54. The van der Waals surface area contributed by atoms with Crippen molar-refractivity contribution in [2.24, 2.45) is 10.2 Å². The standard InChI is InChI=1S/C27H26N8O3/c1-15(2)38-26-23(27(37)35(32-26)20-12-11-16(3)17(4)13-20)29-28-22-10-6-9-21(24(22)36)18-7-5-8-19(14-18)25-30-33-34-31-25/h5-15,28,36H,1-4H3,(H,30,31,33,34). The molecule has 11 heteroatoms. The van der Waals surface area contributed by atoms with E-state index >= 15 is 0 Å². The molecule has 192 valence electrons. The number of amides is 1. The minimum Gasteiger partial charge on any atom is -0.505 e. The zero-order valence-corrected chi connectivity index (χ0v) is 21.3. The first kappa shape index (κ1) is 24.6. The van der Waals surface area contributed by atoms with Crippen molar-refractivity contribution < 1.29 is 14.6 Å². The number of hydrogen-bond acceptors (Lipinski definition) is 9. The lowest BCUT2D eigenvalue weighted by molar-refractivity contribution is -0.112. The highest BCUT2D eigenvalue weighted by atomic mass is 16.5. The van der Waals surface area contributed by atoms with Crippen molar-refractivity contribution in [1.29, 1.82) is 0 Å². The molecule has 3 aromatic carbocycles. The number of aromatic amines is 1. The van der Waals surface area contributed by atoms with Crippen molar-refractivity contribution in [3.05, 3.63) is 71.8 Å². The Balaban J connectivity index is 1.45. The normalized spacial score (nSPS) is 14.3. The molecule has 0 unspecified atom stereocenters. The molecule has 0 aliphatic carbocycles. The predicted molar refractivity (Wildman–Crippen MR) is 145 cm³/mol. The fourth-order valence-corrected chi connectivity index (χ4v) is 3.90. The molecule has 5 rings (SSSR count). The molecule has 4 aromatic rings. The lowest BCUT2D eigenvalue weighted by Crippen LogP contribution is -2.30. The summed E-state index contributed by atoms with van der Waals surface area (Å²) in [4.78, 5) is 13.3. The number of nitrogens with one attached hydrogen (secondary N) is 2. The number of ether oxygens (including phenoxy) is 1. The van der Waals surface area contributed by atoms with E-state index in [0.29, 0.717) is 22.8 Å². The van der Waals surface area contributed by atoms with E-state index in [9.17, 15) is 9.90 Å². The van der Waals surface area contributed by atoms with Crippen LogP contribution >= 0.6 is 0 Å². The number of phenols is 1. The molecule has 11 nitrogen and oxygen atoms in total. The number of aromatic nitrogens is 4. The fraction of sp³-hybridized carbons (Fsp3) is 0.185. The van der Waals surface area contributed by atoms with Crippen LogP contribution < -0.4 is 10.4 Å². The van der Waals surface area contributed by atoms with Gasteiger partial charge in [0.25, 0.3) is 5.90 Å². The van der Waals surface area contributed by atoms with Crippen molar-refractivity contribution in [2.75, 3.05) is 10.4 Å². The van der Waals surface area contributed by atoms with Crippen LogP contribution in [0, 0.1) is 13.8 Å². The Bertz CT molecular complexity index is 1560. The molecule has 1 amide bonds. The lowest BCUT2D eigenvalue weighted by atomic mass is 10.0. The Morgan fingerprint density at radius 2 is 1.82 bits per heavy atom. The number of tetrazole rings is 1. The van der Waals surface area contributed by atoms with Crippen LogP contribution in [-0.2, 0) is 9.53 Å². The zero-order chi connectivity index (χ0) is 26.8. The summed E-state index contributed by atoms with van der Waals surface area (Å²) in [5, 5.41) is 34.9. The number of nitrogens with zero attached hydrogens (tertiary/aromatic N) is 6. The van der Waals surface area contributed by atoms with Gasteiger partial charge in [-0.05, 0) is 79.1 Å². The van der Waals surface area contributed by atoms with Gasteiger partial charge in [-0.2, -0.15) is 10.1 Å². The number of benzene rings is 3. The number of aryl methyl sites for hydroxylation is 2. The number of carbonyl (C=O) groups is 1. The van der Waals surface area contributed by atoms with E-state index in [2.05, 4.69) is 36.3 Å². The SMILES string of the molecule is Cc1ccc(N2N=C(OC(C)C)C(=NNc3cccc(-c4cccc(-c5nnn[nH]5)c4)c3O)C2=O)cc1C. The summed E-state index contributed by atoms with van der Waals surface area (Å²) in [5.41, 5.74) is 7.96. The second kappa shape index (κ2) is 10.1. The van der Waals surface area contributed by atoms with Crippen LogP contribution in [0.5, 0.6) is 5.75 Å². The fourth-order valence-electron chi connectivity index (χ4n) is 3.90. The number of carbonyl (C=O) groups excluding carboxylic acids is 1. The van der Waals surface area contributed by atoms with Crippen molar-refractivity contribution in [3.8, 4) is 28.3 Å². The minimum atomic E-state index is -0.444. The quantitative estimate of drug-likeness (QED) is 0.258. The molecule has 0 bridgehead atoms. The Labute approximate surface area is 218 Å². The van der Waals surface area contributed by atoms with Gasteiger partial charge in [0.05, 0.1) is 17.5 Å². The topological polar surface area (TPSA) is 141 Å². The third-order valence-electron chi connectivity index (χ3n) is 5.99. The first-order valence-corrected chi connectivity index (χ1v) is 12.0. The average molecular weight is 511 g/mol. The number of anilines is 2. The van der Waals surface area contributed by atoms with Gasteiger partial charge in [0.15, 0.2) is 5.82 Å². The number of hydrazone groups is 2. The summed E-state index contributed by atoms with van der Waals surface area (Å²) >= 11 is 0. The maximum absolute atomic E-state index is 13.3. The number of aromatic hydroxyl groups is 1. The van der Waals surface area contributed by atoms with Gasteiger partial charge in [0.2, 0.25) is 5.71 Å². The van der Waals surface area contributed by atoms with E-state index < -0.39 is 5.91 Å². The molecule has 1 aliphatic rings. The number of para-hydroxylation sites is 1. The maximum Gasteiger partial charge on any atom is 0.304 e. The third kappa shape index (κ3) is 4.81. The second-order valence-electron chi connectivity index (χ2n) is 9.06. The van der Waals surface area contributed by atoms with Gasteiger partial charge in [-0.25, -0.2) is 5.10 Å². The number of phenolic OH excluding ortho intramolecular Hbond substituents is 1. The summed E-state index contributed by atoms with van der Waals surface area (Å²) in [5.74, 6) is 0.127. The van der Waals surface area contributed by atoms with Crippen LogP contribution in [-0.4, -0.2) is 49.4 Å². The van der Waals surface area contributed by atoms with Crippen LogP contribution in [0.2, 0.25) is 0 Å². The molecular formula is C27H26N8O3. The Kier molecular flexibility index (Phi) is 6.56. The zero-order valence-electron chi connectivity index (χ0n) is 21.3. The number of rotatable bonds is 6. The number of H-pyrrole nitrogens is 1. The van der Waals surface area contributed by atoms with E-state index in [4.69, 9.17) is 4.74 Å². The van der Waals surface area contributed by atoms with E-state index in [-0.39, 0.29) is 23.5 Å². The molecule has 0 atom stereocenters. The highest BCUT2D eigenvalue weighted by Gasteiger charge is 2.35. The lowest BCUT2D eigenvalue weighted by Gasteiger charge is -2.13. The van der Waals surface area contributed by atoms with Crippen molar-refractivity contribution >= 4 is 28.9 Å². The van der Waals surface area contributed by atoms with E-state index in [1.807, 2.05) is 70.2 Å². The Morgan fingerprint density at radius 1 is 1.03 bits per heavy atom. The van der Waals surface area contributed by atoms with Gasteiger partial charge in [0, 0.05) is 11.1 Å².